The Balaban J connectivity index is 1.19. The van der Waals surface area contributed by atoms with Crippen LogP contribution in [0.25, 0.3) is 5.69 Å². The number of thioether (sulfide) groups is 1. The molecule has 0 fully saturated rings. The fraction of sp³-hybridized carbons (Fsp3) is 0.206. The molecule has 0 atom stereocenters. The van der Waals surface area contributed by atoms with E-state index < -0.39 is 0 Å². The molecule has 0 spiro atoms. The molecule has 40 heavy (non-hydrogen) atoms. The van der Waals surface area contributed by atoms with Gasteiger partial charge in [0.2, 0.25) is 5.91 Å². The smallest absolute Gasteiger partial charge is 0.220 e. The predicted molar refractivity (Wildman–Crippen MR) is 163 cm³/mol. The van der Waals surface area contributed by atoms with Crippen LogP contribution in [0.15, 0.2) is 120 Å². The van der Waals surface area contributed by atoms with Gasteiger partial charge in [0, 0.05) is 24.3 Å². The van der Waals surface area contributed by atoms with E-state index in [9.17, 15) is 4.79 Å². The van der Waals surface area contributed by atoms with Gasteiger partial charge in [-0.05, 0) is 48.6 Å². The van der Waals surface area contributed by atoms with Gasteiger partial charge in [-0.15, -0.1) is 10.2 Å². The van der Waals surface area contributed by atoms with E-state index in [4.69, 9.17) is 0 Å². The van der Waals surface area contributed by atoms with Crippen molar-refractivity contribution in [3.63, 3.8) is 0 Å². The molecule has 0 unspecified atom stereocenters. The third-order valence-electron chi connectivity index (χ3n) is 6.80. The van der Waals surface area contributed by atoms with E-state index in [0.29, 0.717) is 12.8 Å². The SMILES string of the molecule is Cc1ccc(-n2c(Cc3ccccc3)nnc2SCCCCC(=O)NC(c2ccccc2)c2ccccc2)cc1. The van der Waals surface area contributed by atoms with E-state index in [2.05, 4.69) is 99.8 Å². The number of aryl methyl sites for hydroxylation is 1. The van der Waals surface area contributed by atoms with E-state index in [1.165, 1.54) is 11.1 Å². The molecule has 0 aliphatic carbocycles. The van der Waals surface area contributed by atoms with Crippen molar-refractivity contribution in [2.24, 2.45) is 0 Å². The minimum atomic E-state index is -0.152. The van der Waals surface area contributed by atoms with Gasteiger partial charge < -0.3 is 5.32 Å². The number of hydrogen-bond donors (Lipinski definition) is 1. The second kappa shape index (κ2) is 13.8. The Morgan fingerprint density at radius 1 is 0.775 bits per heavy atom. The maximum atomic E-state index is 12.9. The van der Waals surface area contributed by atoms with Crippen LogP contribution in [0.1, 0.15) is 53.4 Å². The molecular formula is C34H34N4OS. The van der Waals surface area contributed by atoms with Crippen LogP contribution in [0.3, 0.4) is 0 Å². The number of carbonyl (C=O) groups excluding carboxylic acids is 1. The van der Waals surface area contributed by atoms with Gasteiger partial charge in [-0.1, -0.05) is 120 Å². The number of nitrogens with zero attached hydrogens (tertiary/aromatic N) is 3. The average molecular weight is 547 g/mol. The van der Waals surface area contributed by atoms with Gasteiger partial charge in [0.05, 0.1) is 6.04 Å². The van der Waals surface area contributed by atoms with Gasteiger partial charge in [0.25, 0.3) is 0 Å². The molecule has 5 aromatic rings. The number of unbranched alkanes of at least 4 members (excludes halogenated alkanes) is 1. The number of rotatable bonds is 12. The van der Waals surface area contributed by atoms with Crippen molar-refractivity contribution in [2.45, 2.75) is 43.8 Å². The number of aromatic nitrogens is 3. The number of benzene rings is 4. The van der Waals surface area contributed by atoms with Crippen LogP contribution in [0, 0.1) is 6.92 Å². The lowest BCUT2D eigenvalue weighted by atomic mass is 9.98. The maximum Gasteiger partial charge on any atom is 0.220 e. The zero-order chi connectivity index (χ0) is 27.6. The van der Waals surface area contributed by atoms with Gasteiger partial charge in [0.1, 0.15) is 5.82 Å². The largest absolute Gasteiger partial charge is 0.345 e. The molecule has 6 heteroatoms. The molecule has 0 radical (unpaired) electrons. The van der Waals surface area contributed by atoms with Gasteiger partial charge >= 0.3 is 0 Å². The molecule has 1 N–H and O–H groups in total. The first-order chi connectivity index (χ1) is 19.7. The lowest BCUT2D eigenvalue weighted by Crippen LogP contribution is -2.29. The quantitative estimate of drug-likeness (QED) is 0.131. The summed E-state index contributed by atoms with van der Waals surface area (Å²) in [6.45, 7) is 2.09. The zero-order valence-corrected chi connectivity index (χ0v) is 23.6. The molecule has 0 saturated heterocycles. The van der Waals surface area contributed by atoms with Crippen LogP contribution in [-0.4, -0.2) is 26.4 Å². The first kappa shape index (κ1) is 27.4. The molecule has 5 rings (SSSR count). The topological polar surface area (TPSA) is 59.8 Å². The predicted octanol–water partition coefficient (Wildman–Crippen LogP) is 7.33. The summed E-state index contributed by atoms with van der Waals surface area (Å²) in [7, 11) is 0. The molecule has 1 aromatic heterocycles. The highest BCUT2D eigenvalue weighted by atomic mass is 32.2. The Bertz CT molecular complexity index is 1450. The molecule has 1 amide bonds. The number of carbonyl (C=O) groups is 1. The second-order valence-corrected chi connectivity index (χ2v) is 10.9. The van der Waals surface area contributed by atoms with E-state index in [1.54, 1.807) is 11.8 Å². The van der Waals surface area contributed by atoms with E-state index in [0.717, 1.165) is 46.4 Å². The lowest BCUT2D eigenvalue weighted by Gasteiger charge is -2.20. The standard InChI is InChI=1S/C34H34N4OS/c1-26-20-22-30(23-21-26)38-31(25-27-13-5-2-6-14-27)36-37-34(38)40-24-12-11-19-32(39)35-33(28-15-7-3-8-16-28)29-17-9-4-10-18-29/h2-10,13-18,20-23,33H,11-12,19,24-25H2,1H3,(H,35,39). The summed E-state index contributed by atoms with van der Waals surface area (Å²) < 4.78 is 2.16. The first-order valence-electron chi connectivity index (χ1n) is 13.7. The van der Waals surface area contributed by atoms with Crippen LogP contribution in [0.5, 0.6) is 0 Å². The third-order valence-corrected chi connectivity index (χ3v) is 7.81. The summed E-state index contributed by atoms with van der Waals surface area (Å²) in [5, 5.41) is 13.2. The molecule has 0 saturated carbocycles. The molecular weight excluding hydrogens is 512 g/mol. The van der Waals surface area contributed by atoms with Gasteiger partial charge in [-0.25, -0.2) is 0 Å². The Morgan fingerprint density at radius 2 is 1.38 bits per heavy atom. The molecule has 1 heterocycles. The fourth-order valence-corrected chi connectivity index (χ4v) is 5.64. The second-order valence-electron chi connectivity index (χ2n) is 9.86. The zero-order valence-electron chi connectivity index (χ0n) is 22.7. The van der Waals surface area contributed by atoms with Gasteiger partial charge in [0.15, 0.2) is 5.16 Å². The van der Waals surface area contributed by atoms with E-state index >= 15 is 0 Å². The van der Waals surface area contributed by atoms with Crippen molar-refractivity contribution >= 4 is 17.7 Å². The Labute approximate surface area is 240 Å². The van der Waals surface area contributed by atoms with E-state index in [1.807, 2.05) is 42.5 Å². The monoisotopic (exact) mass is 546 g/mol. The van der Waals surface area contributed by atoms with Crippen molar-refractivity contribution in [3.8, 4) is 5.69 Å². The van der Waals surface area contributed by atoms with E-state index in [-0.39, 0.29) is 11.9 Å². The molecule has 0 aliphatic heterocycles. The summed E-state index contributed by atoms with van der Waals surface area (Å²) in [6, 6.07) is 39.0. The van der Waals surface area contributed by atoms with Crippen molar-refractivity contribution in [1.82, 2.24) is 20.1 Å². The first-order valence-corrected chi connectivity index (χ1v) is 14.7. The number of nitrogens with one attached hydrogen (secondary N) is 1. The summed E-state index contributed by atoms with van der Waals surface area (Å²) in [5.41, 5.74) is 5.65. The lowest BCUT2D eigenvalue weighted by molar-refractivity contribution is -0.121. The minimum Gasteiger partial charge on any atom is -0.345 e. The van der Waals surface area contributed by atoms with Crippen molar-refractivity contribution in [2.75, 3.05) is 5.75 Å². The van der Waals surface area contributed by atoms with Crippen LogP contribution in [0.4, 0.5) is 0 Å². The highest BCUT2D eigenvalue weighted by Gasteiger charge is 2.17. The van der Waals surface area contributed by atoms with Crippen molar-refractivity contribution < 1.29 is 4.79 Å². The van der Waals surface area contributed by atoms with Crippen LogP contribution >= 0.6 is 11.8 Å². The van der Waals surface area contributed by atoms with Crippen LogP contribution in [0.2, 0.25) is 0 Å². The molecule has 4 aromatic carbocycles. The summed E-state index contributed by atoms with van der Waals surface area (Å²) in [5.74, 6) is 1.85. The van der Waals surface area contributed by atoms with Gasteiger partial charge in [-0.3, -0.25) is 9.36 Å². The Kier molecular flexibility index (Phi) is 9.43. The van der Waals surface area contributed by atoms with Crippen LogP contribution in [-0.2, 0) is 11.2 Å². The highest BCUT2D eigenvalue weighted by Crippen LogP contribution is 2.26. The summed E-state index contributed by atoms with van der Waals surface area (Å²) in [4.78, 5) is 12.9. The van der Waals surface area contributed by atoms with Gasteiger partial charge in [-0.2, -0.15) is 0 Å². The fourth-order valence-electron chi connectivity index (χ4n) is 4.67. The number of hydrogen-bond acceptors (Lipinski definition) is 4. The van der Waals surface area contributed by atoms with Crippen molar-refractivity contribution in [1.29, 1.82) is 0 Å². The molecule has 0 bridgehead atoms. The normalized spacial score (nSPS) is 11.1. The third kappa shape index (κ3) is 7.27. The summed E-state index contributed by atoms with van der Waals surface area (Å²) >= 11 is 1.69. The molecule has 0 aliphatic rings. The molecule has 202 valence electrons. The highest BCUT2D eigenvalue weighted by molar-refractivity contribution is 7.99. The Hall–Kier alpha value is -4.16. The maximum absolute atomic E-state index is 12.9. The Morgan fingerprint density at radius 3 is 2.00 bits per heavy atom. The minimum absolute atomic E-state index is 0.0654. The average Bonchev–Trinajstić information content (AvgIpc) is 3.39. The summed E-state index contributed by atoms with van der Waals surface area (Å²) in [6.07, 6.45) is 2.92. The van der Waals surface area contributed by atoms with Crippen molar-refractivity contribution in [3.05, 3.63) is 143 Å². The molecule has 5 nitrogen and oxygen atoms in total. The van der Waals surface area contributed by atoms with Crippen LogP contribution < -0.4 is 5.32 Å². The number of amides is 1.